The number of rotatable bonds is 10. The third-order valence-electron chi connectivity index (χ3n) is 7.07. The fourth-order valence-electron chi connectivity index (χ4n) is 4.47. The average Bonchev–Trinajstić information content (AvgIpc) is 3.08. The van der Waals surface area contributed by atoms with Crippen molar-refractivity contribution < 1.29 is 53.5 Å². The number of aryl methyl sites for hydroxylation is 2. The van der Waals surface area contributed by atoms with Crippen LogP contribution in [0, 0.1) is 13.8 Å². The number of nitrogens with one attached hydrogen (secondary N) is 2. The summed E-state index contributed by atoms with van der Waals surface area (Å²) < 4.78 is 116. The van der Waals surface area contributed by atoms with E-state index in [9.17, 15) is 44.0 Å². The molecule has 50 heavy (non-hydrogen) atoms. The lowest BCUT2D eigenvalue weighted by atomic mass is 10.2. The molecule has 4 amide bonds. The molecule has 0 heterocycles. The number of carbonyl (C=O) groups is 2. The van der Waals surface area contributed by atoms with Gasteiger partial charge in [0.2, 0.25) is 19.7 Å². The molecule has 4 aromatic rings. The number of hydrazine groups is 1. The number of amides is 4. The number of benzene rings is 4. The number of ether oxygens (including phenoxy) is 2. The average molecular weight is 739 g/mol. The van der Waals surface area contributed by atoms with E-state index >= 15 is 0 Å². The molecule has 0 saturated carbocycles. The number of carbonyl (C=O) groups excluding carboxylic acids is 2. The molecule has 4 aromatic carbocycles. The van der Waals surface area contributed by atoms with Crippen molar-refractivity contribution >= 4 is 54.5 Å². The maximum Gasteiger partial charge on any atom is 0.346 e. The molecule has 0 fully saturated rings. The van der Waals surface area contributed by atoms with Gasteiger partial charge in [0.15, 0.2) is 0 Å². The quantitative estimate of drug-likeness (QED) is 0.130. The molecule has 4 rings (SSSR count). The fraction of sp³-hybridized carbons (Fsp3) is 0.188. The van der Waals surface area contributed by atoms with E-state index in [1.165, 1.54) is 24.3 Å². The Morgan fingerprint density at radius 1 is 0.580 bits per heavy atom. The van der Waals surface area contributed by atoms with Crippen LogP contribution in [0.3, 0.4) is 0 Å². The van der Waals surface area contributed by atoms with Crippen molar-refractivity contribution in [2.45, 2.75) is 35.2 Å². The number of urea groups is 2. The maximum atomic E-state index is 14.3. The third kappa shape index (κ3) is 7.92. The first-order valence-electron chi connectivity index (χ1n) is 14.3. The predicted octanol–water partition coefficient (Wildman–Crippen LogP) is 7.01. The second-order valence-electron chi connectivity index (χ2n) is 10.5. The first-order valence-corrected chi connectivity index (χ1v) is 17.4. The van der Waals surface area contributed by atoms with E-state index < -0.39 is 64.4 Å². The van der Waals surface area contributed by atoms with Gasteiger partial charge in [0.1, 0.15) is 22.9 Å². The molecule has 18 heteroatoms. The highest BCUT2D eigenvalue weighted by Gasteiger charge is 2.37. The summed E-state index contributed by atoms with van der Waals surface area (Å²) in [6.45, 7) is 3.53. The molecular formula is C32H30F4N4O8S2. The molecule has 0 aliphatic heterocycles. The van der Waals surface area contributed by atoms with E-state index in [0.29, 0.717) is 22.2 Å². The third-order valence-corrected chi connectivity index (χ3v) is 9.83. The molecule has 0 aromatic heterocycles. The van der Waals surface area contributed by atoms with Crippen molar-refractivity contribution in [1.29, 1.82) is 0 Å². The number of hydrogen-bond donors (Lipinski definition) is 2. The van der Waals surface area contributed by atoms with Gasteiger partial charge in [-0.25, -0.2) is 26.4 Å². The molecule has 0 saturated heterocycles. The van der Waals surface area contributed by atoms with Crippen LogP contribution < -0.4 is 30.1 Å². The molecule has 0 aliphatic rings. The van der Waals surface area contributed by atoms with Crippen LogP contribution in [0.2, 0.25) is 0 Å². The van der Waals surface area contributed by atoms with Gasteiger partial charge >= 0.3 is 23.6 Å². The number of hydrogen-bond acceptors (Lipinski definition) is 8. The minimum atomic E-state index is -5.31. The van der Waals surface area contributed by atoms with Gasteiger partial charge in [-0.15, -0.1) is 0 Å². The minimum Gasteiger partial charge on any atom is -0.494 e. The summed E-state index contributed by atoms with van der Waals surface area (Å²) in [5.41, 5.74) is 0.630. The molecule has 0 unspecified atom stereocenters. The molecule has 0 aliphatic carbocycles. The van der Waals surface area contributed by atoms with Crippen LogP contribution >= 0.6 is 0 Å². The Hall–Kier alpha value is -5.36. The van der Waals surface area contributed by atoms with Crippen molar-refractivity contribution in [3.05, 3.63) is 96.1 Å². The molecular weight excluding hydrogens is 708 g/mol. The topological polar surface area (TPSA) is 151 Å². The van der Waals surface area contributed by atoms with Crippen molar-refractivity contribution in [2.75, 3.05) is 34.9 Å². The zero-order valence-corrected chi connectivity index (χ0v) is 28.4. The molecule has 0 atom stereocenters. The summed E-state index contributed by atoms with van der Waals surface area (Å²) in [5, 5.41) is 5.94. The van der Waals surface area contributed by atoms with Crippen LogP contribution in [-0.4, -0.2) is 54.6 Å². The summed E-state index contributed by atoms with van der Waals surface area (Å²) in [6, 6.07) is 14.6. The van der Waals surface area contributed by atoms with Gasteiger partial charge in [-0.3, -0.25) is 0 Å². The zero-order chi connectivity index (χ0) is 37.0. The number of methoxy groups -OCH3 is 2. The number of alkyl halides is 4. The van der Waals surface area contributed by atoms with E-state index in [2.05, 4.69) is 10.6 Å². The van der Waals surface area contributed by atoms with Crippen LogP contribution in [0.25, 0.3) is 0 Å². The van der Waals surface area contributed by atoms with E-state index in [4.69, 9.17) is 9.47 Å². The Morgan fingerprint density at radius 3 is 1.18 bits per heavy atom. The molecule has 0 bridgehead atoms. The molecule has 12 nitrogen and oxygen atoms in total. The molecule has 0 radical (unpaired) electrons. The first kappa shape index (κ1) is 37.5. The van der Waals surface area contributed by atoms with Crippen LogP contribution in [0.4, 0.5) is 49.9 Å². The van der Waals surface area contributed by atoms with Crippen LogP contribution in [0.1, 0.15) is 11.1 Å². The van der Waals surface area contributed by atoms with Gasteiger partial charge in [0.25, 0.3) is 0 Å². The van der Waals surface area contributed by atoms with Crippen molar-refractivity contribution in [2.24, 2.45) is 0 Å². The summed E-state index contributed by atoms with van der Waals surface area (Å²) in [6.07, 6.45) is 0. The van der Waals surface area contributed by atoms with E-state index in [1.54, 1.807) is 38.1 Å². The standard InChI is InChI=1S/C32H30F4N4O8S2/c1-19-5-9-21(10-6-19)37-31(41)39(25-17-23(13-15-27(25)47-3)49(43,44)29(33)34)40(32(42)38-22-11-7-20(2)8-12-22)26-18-24(14-16-28(26)48-4)50(45,46)30(35)36/h5-18,29-30H,1-4H3,(H,37,41)(H,38,42). The van der Waals surface area contributed by atoms with Crippen molar-refractivity contribution in [3.8, 4) is 11.5 Å². The Balaban J connectivity index is 2.09. The van der Waals surface area contributed by atoms with E-state index in [1.807, 2.05) is 0 Å². The summed E-state index contributed by atoms with van der Waals surface area (Å²) >= 11 is 0. The molecule has 0 spiro atoms. The highest BCUT2D eigenvalue weighted by atomic mass is 32.2. The maximum absolute atomic E-state index is 14.3. The van der Waals surface area contributed by atoms with Crippen LogP contribution in [0.5, 0.6) is 11.5 Å². The number of nitrogens with zero attached hydrogens (tertiary/aromatic N) is 2. The van der Waals surface area contributed by atoms with Gasteiger partial charge in [0, 0.05) is 11.4 Å². The monoisotopic (exact) mass is 738 g/mol. The lowest BCUT2D eigenvalue weighted by Gasteiger charge is -2.36. The Bertz CT molecular complexity index is 1950. The van der Waals surface area contributed by atoms with Crippen molar-refractivity contribution in [3.63, 3.8) is 0 Å². The lowest BCUT2D eigenvalue weighted by molar-refractivity contribution is 0.234. The Kier molecular flexibility index (Phi) is 11.3. The van der Waals surface area contributed by atoms with Gasteiger partial charge in [-0.2, -0.15) is 27.6 Å². The summed E-state index contributed by atoms with van der Waals surface area (Å²) in [5.74, 6) is -8.45. The van der Waals surface area contributed by atoms with Crippen LogP contribution in [-0.2, 0) is 19.7 Å². The van der Waals surface area contributed by atoms with E-state index in [0.717, 1.165) is 49.6 Å². The smallest absolute Gasteiger partial charge is 0.346 e. The highest BCUT2D eigenvalue weighted by molar-refractivity contribution is 7.92. The van der Waals surface area contributed by atoms with Gasteiger partial charge in [-0.1, -0.05) is 35.4 Å². The minimum absolute atomic E-state index is 0.140. The number of sulfone groups is 2. The largest absolute Gasteiger partial charge is 0.494 e. The summed E-state index contributed by atoms with van der Waals surface area (Å²) in [4.78, 5) is 26.7. The van der Waals surface area contributed by atoms with Crippen LogP contribution in [0.15, 0.2) is 94.7 Å². The summed E-state index contributed by atoms with van der Waals surface area (Å²) in [7, 11) is -8.42. The normalized spacial score (nSPS) is 11.6. The Morgan fingerprint density at radius 2 is 0.900 bits per heavy atom. The number of halogens is 4. The fourth-order valence-corrected chi connectivity index (χ4v) is 5.95. The Labute approximate surface area is 285 Å². The number of anilines is 4. The SMILES string of the molecule is COc1ccc(S(=O)(=O)C(F)F)cc1N(C(=O)Nc1ccc(C)cc1)N(C(=O)Nc1ccc(C)cc1)c1cc(S(=O)(=O)C(F)F)ccc1OC. The van der Waals surface area contributed by atoms with Gasteiger partial charge in [-0.05, 0) is 74.5 Å². The second-order valence-corrected chi connectivity index (χ2v) is 14.3. The first-order chi connectivity index (χ1) is 23.5. The van der Waals surface area contributed by atoms with Gasteiger partial charge < -0.3 is 20.1 Å². The highest BCUT2D eigenvalue weighted by Crippen LogP contribution is 2.40. The molecule has 2 N–H and O–H groups in total. The molecule has 266 valence electrons. The zero-order valence-electron chi connectivity index (χ0n) is 26.7. The second kappa shape index (κ2) is 15.0. The predicted molar refractivity (Wildman–Crippen MR) is 178 cm³/mol. The van der Waals surface area contributed by atoms with E-state index in [-0.39, 0.29) is 22.9 Å². The van der Waals surface area contributed by atoms with Crippen molar-refractivity contribution in [1.82, 2.24) is 0 Å². The lowest BCUT2D eigenvalue weighted by Crippen LogP contribution is -2.54. The van der Waals surface area contributed by atoms with Gasteiger partial charge in [0.05, 0.1) is 24.0 Å².